The molecule has 6 heteroatoms. The summed E-state index contributed by atoms with van der Waals surface area (Å²) in [5.41, 5.74) is 0. The van der Waals surface area contributed by atoms with Crippen molar-refractivity contribution in [3.8, 4) is 0 Å². The van der Waals surface area contributed by atoms with Crippen molar-refractivity contribution in [2.75, 3.05) is 6.61 Å². The molecule has 0 rings (SSSR count). The fraction of sp³-hybridized carbons (Fsp3) is 0.647. The van der Waals surface area contributed by atoms with E-state index >= 15 is 0 Å². The SMILES string of the molecule is CC/C=C/C=C/C=C\CCCCCC(CC(=O)NC(CO)C(O)CCCCCCCCCCCCC)OC(=O)CC/C=C/C/C=C/C/C=C/C/C=C/C/C=C/CC. The summed E-state index contributed by atoms with van der Waals surface area (Å²) in [5, 5.41) is 23.6. The smallest absolute Gasteiger partial charge is 0.306 e. The monoisotopic (exact) mass is 792 g/mol. The number of hydrogen-bond donors (Lipinski definition) is 3. The van der Waals surface area contributed by atoms with Gasteiger partial charge < -0.3 is 20.3 Å². The molecule has 0 saturated heterocycles. The number of allylic oxidation sites excluding steroid dienone is 16. The van der Waals surface area contributed by atoms with Crippen LogP contribution < -0.4 is 5.32 Å². The van der Waals surface area contributed by atoms with E-state index in [1.807, 2.05) is 24.3 Å². The molecule has 1 amide bonds. The van der Waals surface area contributed by atoms with Gasteiger partial charge in [-0.25, -0.2) is 0 Å². The molecular weight excluding hydrogens is 707 g/mol. The molecule has 0 fully saturated rings. The lowest BCUT2D eigenvalue weighted by molar-refractivity contribution is -0.150. The average Bonchev–Trinajstić information content (AvgIpc) is 3.20. The fourth-order valence-electron chi connectivity index (χ4n) is 6.30. The van der Waals surface area contributed by atoms with Crippen LogP contribution in [0.3, 0.4) is 0 Å². The minimum Gasteiger partial charge on any atom is -0.462 e. The van der Waals surface area contributed by atoms with E-state index < -0.39 is 18.2 Å². The van der Waals surface area contributed by atoms with Gasteiger partial charge >= 0.3 is 5.97 Å². The number of unbranched alkanes of at least 4 members (excludes halogenated alkanes) is 13. The third kappa shape index (κ3) is 39.4. The Labute approximate surface area is 350 Å². The maximum absolute atomic E-state index is 13.1. The lowest BCUT2D eigenvalue weighted by Crippen LogP contribution is -2.46. The van der Waals surface area contributed by atoms with Crippen molar-refractivity contribution in [2.45, 2.75) is 206 Å². The molecule has 0 aliphatic rings. The molecule has 0 aromatic heterocycles. The molecule has 6 nitrogen and oxygen atoms in total. The third-order valence-electron chi connectivity index (χ3n) is 9.73. The molecule has 0 aromatic rings. The molecule has 324 valence electrons. The van der Waals surface area contributed by atoms with Crippen LogP contribution in [0.1, 0.15) is 188 Å². The van der Waals surface area contributed by atoms with Crippen LogP contribution in [-0.4, -0.2) is 46.9 Å². The maximum atomic E-state index is 13.1. The number of aliphatic hydroxyl groups excluding tert-OH is 2. The van der Waals surface area contributed by atoms with Gasteiger partial charge in [0.2, 0.25) is 5.91 Å². The van der Waals surface area contributed by atoms with E-state index in [1.54, 1.807) is 0 Å². The number of ether oxygens (including phenoxy) is 1. The first kappa shape index (κ1) is 53.8. The molecule has 0 aliphatic carbocycles. The van der Waals surface area contributed by atoms with Gasteiger partial charge in [0.15, 0.2) is 0 Å². The summed E-state index contributed by atoms with van der Waals surface area (Å²) < 4.78 is 5.84. The Morgan fingerprint density at radius 2 is 1.04 bits per heavy atom. The van der Waals surface area contributed by atoms with Gasteiger partial charge in [-0.05, 0) is 77.0 Å². The molecule has 3 N–H and O–H groups in total. The highest BCUT2D eigenvalue weighted by atomic mass is 16.5. The van der Waals surface area contributed by atoms with Crippen LogP contribution in [0.15, 0.2) is 97.2 Å². The fourth-order valence-corrected chi connectivity index (χ4v) is 6.30. The first-order valence-corrected chi connectivity index (χ1v) is 23.0. The Morgan fingerprint density at radius 3 is 1.60 bits per heavy atom. The molecule has 0 spiro atoms. The van der Waals surface area contributed by atoms with Crippen LogP contribution in [0, 0.1) is 0 Å². The molecule has 0 aromatic carbocycles. The number of nitrogens with one attached hydrogen (secondary N) is 1. The van der Waals surface area contributed by atoms with E-state index in [2.05, 4.69) is 99.0 Å². The largest absolute Gasteiger partial charge is 0.462 e. The lowest BCUT2D eigenvalue weighted by atomic mass is 10.0. The molecule has 0 heterocycles. The summed E-state index contributed by atoms with van der Waals surface area (Å²) >= 11 is 0. The summed E-state index contributed by atoms with van der Waals surface area (Å²) in [5.74, 6) is -0.620. The first-order chi connectivity index (χ1) is 28.0. The Kier molecular flexibility index (Phi) is 41.4. The Morgan fingerprint density at radius 1 is 0.544 bits per heavy atom. The summed E-state index contributed by atoms with van der Waals surface area (Å²) in [6.45, 7) is 6.17. The van der Waals surface area contributed by atoms with Crippen molar-refractivity contribution in [3.63, 3.8) is 0 Å². The highest BCUT2D eigenvalue weighted by molar-refractivity contribution is 5.77. The number of aliphatic hydroxyl groups is 2. The second-order valence-electron chi connectivity index (χ2n) is 15.1. The molecule has 3 unspecified atom stereocenters. The van der Waals surface area contributed by atoms with Crippen molar-refractivity contribution < 1.29 is 24.5 Å². The van der Waals surface area contributed by atoms with E-state index in [4.69, 9.17) is 4.74 Å². The molecule has 0 bridgehead atoms. The van der Waals surface area contributed by atoms with Crippen molar-refractivity contribution in [1.82, 2.24) is 5.32 Å². The summed E-state index contributed by atoms with van der Waals surface area (Å²) in [6, 6.07) is -0.731. The quantitative estimate of drug-likeness (QED) is 0.0249. The van der Waals surface area contributed by atoms with Gasteiger partial charge in [-0.2, -0.15) is 0 Å². The van der Waals surface area contributed by atoms with Crippen molar-refractivity contribution >= 4 is 11.9 Å². The van der Waals surface area contributed by atoms with E-state index in [9.17, 15) is 19.8 Å². The number of amides is 1. The predicted octanol–water partition coefficient (Wildman–Crippen LogP) is 13.4. The van der Waals surface area contributed by atoms with Gasteiger partial charge in [-0.15, -0.1) is 0 Å². The van der Waals surface area contributed by atoms with Gasteiger partial charge in [-0.1, -0.05) is 195 Å². The zero-order valence-electron chi connectivity index (χ0n) is 36.7. The highest BCUT2D eigenvalue weighted by Crippen LogP contribution is 2.16. The normalized spacial score (nSPS) is 14.3. The van der Waals surface area contributed by atoms with Gasteiger partial charge in [-0.3, -0.25) is 9.59 Å². The van der Waals surface area contributed by atoms with E-state index in [1.165, 1.54) is 51.4 Å². The zero-order valence-corrected chi connectivity index (χ0v) is 36.7. The van der Waals surface area contributed by atoms with E-state index in [0.717, 1.165) is 83.5 Å². The number of carbonyl (C=O) groups excluding carboxylic acids is 2. The maximum Gasteiger partial charge on any atom is 0.306 e. The van der Waals surface area contributed by atoms with Crippen LogP contribution >= 0.6 is 0 Å². The van der Waals surface area contributed by atoms with Gasteiger partial charge in [0.05, 0.1) is 25.2 Å². The van der Waals surface area contributed by atoms with Crippen LogP contribution in [0.5, 0.6) is 0 Å². The van der Waals surface area contributed by atoms with Gasteiger partial charge in [0, 0.05) is 6.42 Å². The zero-order chi connectivity index (χ0) is 41.7. The summed E-state index contributed by atoms with van der Waals surface area (Å²) in [6.07, 6.45) is 57.6. The number of rotatable bonds is 39. The minimum atomic E-state index is -0.812. The van der Waals surface area contributed by atoms with Crippen LogP contribution in [-0.2, 0) is 14.3 Å². The van der Waals surface area contributed by atoms with Gasteiger partial charge in [0.1, 0.15) is 6.10 Å². The topological polar surface area (TPSA) is 95.9 Å². The van der Waals surface area contributed by atoms with Crippen molar-refractivity contribution in [3.05, 3.63) is 97.2 Å². The second kappa shape index (κ2) is 43.9. The van der Waals surface area contributed by atoms with E-state index in [0.29, 0.717) is 19.3 Å². The Hall–Kier alpha value is -3.22. The van der Waals surface area contributed by atoms with Crippen molar-refractivity contribution in [1.29, 1.82) is 0 Å². The minimum absolute atomic E-state index is 0.0189. The van der Waals surface area contributed by atoms with Crippen LogP contribution in [0.25, 0.3) is 0 Å². The molecule has 57 heavy (non-hydrogen) atoms. The predicted molar refractivity (Wildman–Crippen MR) is 245 cm³/mol. The molecule has 3 atom stereocenters. The Balaban J connectivity index is 4.76. The van der Waals surface area contributed by atoms with Gasteiger partial charge in [0.25, 0.3) is 0 Å². The molecular formula is C51H85NO5. The highest BCUT2D eigenvalue weighted by Gasteiger charge is 2.23. The van der Waals surface area contributed by atoms with Crippen LogP contribution in [0.4, 0.5) is 0 Å². The molecule has 0 aliphatic heterocycles. The second-order valence-corrected chi connectivity index (χ2v) is 15.1. The third-order valence-corrected chi connectivity index (χ3v) is 9.73. The summed E-state index contributed by atoms with van der Waals surface area (Å²) in [4.78, 5) is 26.0. The molecule has 0 saturated carbocycles. The van der Waals surface area contributed by atoms with Crippen molar-refractivity contribution in [2.24, 2.45) is 0 Å². The lowest BCUT2D eigenvalue weighted by Gasteiger charge is -2.24. The number of esters is 1. The standard InChI is InChI=1S/C51H85NO5/c1-4-7-10-13-16-19-22-23-24-25-26-29-32-35-38-41-44-51(56)57-47(42-39-36-33-30-27-20-17-14-11-8-5-2)45-50(55)52-48(46-53)49(54)43-40-37-34-31-28-21-18-15-12-9-6-3/h7-8,10-11,14,16-17,19-20,23-24,26-27,29,35,38,47-49,53-54H,4-6,9,12-13,15,18,21-22,25,28,30-34,36-37,39-46H2,1-3H3,(H,52,55)/b10-7+,11-8+,17-14+,19-16+,24-23+,27-20-,29-26+,38-35+. The number of carbonyl (C=O) groups is 2. The summed E-state index contributed by atoms with van der Waals surface area (Å²) in [7, 11) is 0. The molecule has 0 radical (unpaired) electrons. The number of hydrogen-bond acceptors (Lipinski definition) is 5. The van der Waals surface area contributed by atoms with E-state index in [-0.39, 0.29) is 31.3 Å². The first-order valence-electron chi connectivity index (χ1n) is 23.0. The Bertz CT molecular complexity index is 1160. The van der Waals surface area contributed by atoms with Crippen LogP contribution in [0.2, 0.25) is 0 Å². The average molecular weight is 792 g/mol.